The molecule has 0 unspecified atom stereocenters. The molecule has 0 spiro atoms. The molecular formula is C17H14F2N2O6. The van der Waals surface area contributed by atoms with Gasteiger partial charge in [0, 0.05) is 17.7 Å². The molecule has 1 N–H and O–H groups in total. The standard InChI is InChI=1S/C17H14F2N2O6/c1-10(13-5-2-11(18)8-14(13)19)20-15(22)9-26-17(23)7-4-12-3-6-16(27-12)21(24)25/h2-8,10H,9H2,1H3,(H,20,22)/b7-4+/t10-/m0/s1. The van der Waals surface area contributed by atoms with E-state index >= 15 is 0 Å². The number of esters is 1. The van der Waals surface area contributed by atoms with Gasteiger partial charge in [0.05, 0.1) is 12.1 Å². The van der Waals surface area contributed by atoms with Crippen LogP contribution in [0.3, 0.4) is 0 Å². The summed E-state index contributed by atoms with van der Waals surface area (Å²) < 4.78 is 36.0. The Morgan fingerprint density at radius 2 is 2.07 bits per heavy atom. The normalized spacial score (nSPS) is 12.0. The van der Waals surface area contributed by atoms with Gasteiger partial charge in [0.2, 0.25) is 0 Å². The van der Waals surface area contributed by atoms with Gasteiger partial charge in [-0.3, -0.25) is 14.9 Å². The van der Waals surface area contributed by atoms with Crippen LogP contribution in [0.15, 0.2) is 40.8 Å². The van der Waals surface area contributed by atoms with Crippen molar-refractivity contribution < 1.29 is 32.4 Å². The van der Waals surface area contributed by atoms with Crippen LogP contribution in [-0.4, -0.2) is 23.4 Å². The topological polar surface area (TPSA) is 112 Å². The molecule has 0 radical (unpaired) electrons. The second-order valence-corrected chi connectivity index (χ2v) is 5.33. The number of nitro groups is 1. The zero-order chi connectivity index (χ0) is 20.0. The number of furan rings is 1. The number of hydrogen-bond donors (Lipinski definition) is 1. The van der Waals surface area contributed by atoms with E-state index in [2.05, 4.69) is 5.32 Å². The third-order valence-electron chi connectivity index (χ3n) is 3.33. The van der Waals surface area contributed by atoms with Crippen LogP contribution < -0.4 is 5.32 Å². The average molecular weight is 380 g/mol. The Morgan fingerprint density at radius 1 is 1.33 bits per heavy atom. The van der Waals surface area contributed by atoms with Crippen molar-refractivity contribution in [3.05, 3.63) is 69.5 Å². The lowest BCUT2D eigenvalue weighted by Crippen LogP contribution is -2.31. The first kappa shape index (κ1) is 19.8. The number of amides is 1. The molecule has 1 heterocycles. The van der Waals surface area contributed by atoms with Crippen molar-refractivity contribution in [1.29, 1.82) is 0 Å². The number of carbonyl (C=O) groups is 2. The maximum Gasteiger partial charge on any atom is 0.433 e. The molecule has 8 nitrogen and oxygen atoms in total. The van der Waals surface area contributed by atoms with Gasteiger partial charge in [-0.25, -0.2) is 13.6 Å². The van der Waals surface area contributed by atoms with E-state index in [-0.39, 0.29) is 11.3 Å². The molecule has 0 saturated heterocycles. The van der Waals surface area contributed by atoms with E-state index in [1.54, 1.807) is 0 Å². The molecule has 1 atom stereocenters. The SMILES string of the molecule is C[C@H](NC(=O)COC(=O)/C=C/c1ccc([N+](=O)[O-])o1)c1ccc(F)cc1F. The third kappa shape index (κ3) is 5.73. The second kappa shape index (κ2) is 8.70. The summed E-state index contributed by atoms with van der Waals surface area (Å²) in [5.74, 6) is -3.55. The van der Waals surface area contributed by atoms with Crippen molar-refractivity contribution in [2.45, 2.75) is 13.0 Å². The summed E-state index contributed by atoms with van der Waals surface area (Å²) in [4.78, 5) is 33.0. The zero-order valence-electron chi connectivity index (χ0n) is 14.0. The smallest absolute Gasteiger partial charge is 0.433 e. The molecule has 2 rings (SSSR count). The highest BCUT2D eigenvalue weighted by Gasteiger charge is 2.15. The molecule has 1 aromatic carbocycles. The fourth-order valence-corrected chi connectivity index (χ4v) is 2.08. The highest BCUT2D eigenvalue weighted by Crippen LogP contribution is 2.18. The number of nitrogens with one attached hydrogen (secondary N) is 1. The second-order valence-electron chi connectivity index (χ2n) is 5.33. The maximum atomic E-state index is 13.6. The number of ether oxygens (including phenoxy) is 1. The van der Waals surface area contributed by atoms with Crippen LogP contribution in [0, 0.1) is 21.7 Å². The summed E-state index contributed by atoms with van der Waals surface area (Å²) in [6.07, 6.45) is 2.07. The van der Waals surface area contributed by atoms with Gasteiger partial charge in [0.1, 0.15) is 22.3 Å². The number of carbonyl (C=O) groups excluding carboxylic acids is 2. The number of rotatable bonds is 7. The Balaban J connectivity index is 1.82. The molecule has 0 aliphatic heterocycles. The molecular weight excluding hydrogens is 366 g/mol. The number of halogens is 2. The van der Waals surface area contributed by atoms with Crippen molar-refractivity contribution in [3.8, 4) is 0 Å². The highest BCUT2D eigenvalue weighted by molar-refractivity contribution is 5.89. The van der Waals surface area contributed by atoms with E-state index in [4.69, 9.17) is 9.15 Å². The fraction of sp³-hybridized carbons (Fsp3) is 0.176. The predicted molar refractivity (Wildman–Crippen MR) is 88.3 cm³/mol. The van der Waals surface area contributed by atoms with Crippen LogP contribution in [0.2, 0.25) is 0 Å². The minimum atomic E-state index is -0.884. The van der Waals surface area contributed by atoms with E-state index in [0.717, 1.165) is 24.3 Å². The largest absolute Gasteiger partial charge is 0.452 e. The number of benzene rings is 1. The van der Waals surface area contributed by atoms with Gasteiger partial charge in [-0.2, -0.15) is 0 Å². The molecule has 0 aliphatic rings. The van der Waals surface area contributed by atoms with E-state index in [1.807, 2.05) is 0 Å². The monoisotopic (exact) mass is 380 g/mol. The molecule has 10 heteroatoms. The summed E-state index contributed by atoms with van der Waals surface area (Å²) in [6, 6.07) is 4.60. The third-order valence-corrected chi connectivity index (χ3v) is 3.33. The van der Waals surface area contributed by atoms with Crippen LogP contribution in [0.25, 0.3) is 6.08 Å². The van der Waals surface area contributed by atoms with Gasteiger partial charge >= 0.3 is 11.9 Å². The molecule has 0 aliphatic carbocycles. The van der Waals surface area contributed by atoms with E-state index < -0.39 is 47.0 Å². The number of hydrogen-bond acceptors (Lipinski definition) is 6. The maximum absolute atomic E-state index is 13.6. The van der Waals surface area contributed by atoms with Crippen molar-refractivity contribution in [3.63, 3.8) is 0 Å². The molecule has 27 heavy (non-hydrogen) atoms. The molecule has 1 amide bonds. The van der Waals surface area contributed by atoms with Crippen LogP contribution in [-0.2, 0) is 14.3 Å². The molecule has 1 aromatic heterocycles. The van der Waals surface area contributed by atoms with Gasteiger partial charge in [-0.15, -0.1) is 0 Å². The van der Waals surface area contributed by atoms with Crippen LogP contribution >= 0.6 is 0 Å². The molecule has 0 fully saturated rings. The summed E-state index contributed by atoms with van der Waals surface area (Å²) in [7, 11) is 0. The summed E-state index contributed by atoms with van der Waals surface area (Å²) in [5, 5.41) is 12.9. The minimum Gasteiger partial charge on any atom is -0.452 e. The average Bonchev–Trinajstić information content (AvgIpc) is 3.07. The fourth-order valence-electron chi connectivity index (χ4n) is 2.08. The molecule has 0 saturated carbocycles. The van der Waals surface area contributed by atoms with E-state index in [1.165, 1.54) is 19.1 Å². The lowest BCUT2D eigenvalue weighted by Gasteiger charge is -2.15. The van der Waals surface area contributed by atoms with Gasteiger partial charge in [-0.1, -0.05) is 6.07 Å². The lowest BCUT2D eigenvalue weighted by atomic mass is 10.1. The Labute approximate surface area is 151 Å². The zero-order valence-corrected chi connectivity index (χ0v) is 14.0. The van der Waals surface area contributed by atoms with Crippen molar-refractivity contribution in [1.82, 2.24) is 5.32 Å². The Bertz CT molecular complexity index is 893. The molecule has 2 aromatic rings. The lowest BCUT2D eigenvalue weighted by molar-refractivity contribution is -0.402. The first-order valence-electron chi connectivity index (χ1n) is 7.59. The van der Waals surface area contributed by atoms with Gasteiger partial charge in [0.25, 0.3) is 5.91 Å². The number of nitrogens with zero attached hydrogens (tertiary/aromatic N) is 1. The van der Waals surface area contributed by atoms with Crippen LogP contribution in [0.5, 0.6) is 0 Å². The summed E-state index contributed by atoms with van der Waals surface area (Å²) >= 11 is 0. The van der Waals surface area contributed by atoms with Crippen LogP contribution in [0.1, 0.15) is 24.3 Å². The quantitative estimate of drug-likeness (QED) is 0.342. The van der Waals surface area contributed by atoms with Crippen molar-refractivity contribution in [2.24, 2.45) is 0 Å². The van der Waals surface area contributed by atoms with Gasteiger partial charge in [-0.05, 0) is 25.1 Å². The molecule has 142 valence electrons. The Morgan fingerprint density at radius 3 is 2.70 bits per heavy atom. The highest BCUT2D eigenvalue weighted by atomic mass is 19.1. The molecule has 0 bridgehead atoms. The van der Waals surface area contributed by atoms with Gasteiger partial charge in [0.15, 0.2) is 6.61 Å². The van der Waals surface area contributed by atoms with Crippen molar-refractivity contribution >= 4 is 23.8 Å². The van der Waals surface area contributed by atoms with Crippen LogP contribution in [0.4, 0.5) is 14.7 Å². The first-order chi connectivity index (χ1) is 12.8. The Kier molecular flexibility index (Phi) is 6.36. The Hall–Kier alpha value is -3.56. The van der Waals surface area contributed by atoms with Crippen molar-refractivity contribution in [2.75, 3.05) is 6.61 Å². The van der Waals surface area contributed by atoms with Gasteiger partial charge < -0.3 is 14.5 Å². The summed E-state index contributed by atoms with van der Waals surface area (Å²) in [5.41, 5.74) is 0.0791. The van der Waals surface area contributed by atoms with E-state index in [9.17, 15) is 28.5 Å². The minimum absolute atomic E-state index is 0.0588. The predicted octanol–water partition coefficient (Wildman–Crippen LogP) is 2.90. The summed E-state index contributed by atoms with van der Waals surface area (Å²) in [6.45, 7) is 0.856. The first-order valence-corrected chi connectivity index (χ1v) is 7.59. The van der Waals surface area contributed by atoms with E-state index in [0.29, 0.717) is 6.07 Å².